The molecule has 1 N–H and O–H groups in total. The molecular weight excluding hydrogens is 422 g/mol. The number of ether oxygens (including phenoxy) is 1. The van der Waals surface area contributed by atoms with E-state index in [1.54, 1.807) is 54.6 Å². The van der Waals surface area contributed by atoms with Crippen molar-refractivity contribution in [3.8, 4) is 5.75 Å². The summed E-state index contributed by atoms with van der Waals surface area (Å²) in [6, 6.07) is 16.6. The van der Waals surface area contributed by atoms with Crippen molar-refractivity contribution in [3.05, 3.63) is 93.0 Å². The predicted molar refractivity (Wildman–Crippen MR) is 108 cm³/mol. The highest BCUT2D eigenvalue weighted by atomic mass is 79.9. The van der Waals surface area contributed by atoms with Crippen LogP contribution < -0.4 is 10.1 Å². The molecule has 0 aromatic heterocycles. The first kappa shape index (κ1) is 18.1. The number of rotatable bonds is 3. The molecule has 0 bridgehead atoms. The van der Waals surface area contributed by atoms with Crippen LogP contribution in [-0.4, -0.2) is 24.6 Å². The second kappa shape index (κ2) is 7.05. The molecule has 3 aromatic rings. The molecule has 5 nitrogen and oxygen atoms in total. The van der Waals surface area contributed by atoms with Gasteiger partial charge in [0.15, 0.2) is 11.6 Å². The van der Waals surface area contributed by atoms with Crippen LogP contribution in [0.4, 0.5) is 5.69 Å². The Balaban J connectivity index is 1.69. The van der Waals surface area contributed by atoms with E-state index >= 15 is 0 Å². The quantitative estimate of drug-likeness (QED) is 0.514. The Morgan fingerprint density at radius 3 is 2.18 bits per heavy atom. The van der Waals surface area contributed by atoms with Crippen molar-refractivity contribution in [1.82, 2.24) is 0 Å². The summed E-state index contributed by atoms with van der Waals surface area (Å²) in [6.45, 7) is 0. The maximum absolute atomic E-state index is 12.8. The Hall–Kier alpha value is -3.25. The third kappa shape index (κ3) is 3.01. The lowest BCUT2D eigenvalue weighted by molar-refractivity contribution is 0.0979. The molecule has 1 aliphatic carbocycles. The smallest absolute Gasteiger partial charge is 0.259 e. The third-order valence-electron chi connectivity index (χ3n) is 4.59. The van der Waals surface area contributed by atoms with E-state index < -0.39 is 0 Å². The molecule has 0 fully saturated rings. The molecule has 1 amide bonds. The number of fused-ring (bicyclic) bond motifs is 2. The van der Waals surface area contributed by atoms with Crippen LogP contribution in [0.15, 0.2) is 65.1 Å². The minimum atomic E-state index is -0.381. The van der Waals surface area contributed by atoms with Gasteiger partial charge in [0.1, 0.15) is 5.75 Å². The number of hydrogen-bond donors (Lipinski definition) is 1. The second-order valence-electron chi connectivity index (χ2n) is 6.26. The molecule has 138 valence electrons. The van der Waals surface area contributed by atoms with Crippen LogP contribution in [0.2, 0.25) is 0 Å². The Labute approximate surface area is 169 Å². The van der Waals surface area contributed by atoms with Crippen molar-refractivity contribution < 1.29 is 19.1 Å². The molecule has 0 atom stereocenters. The van der Waals surface area contributed by atoms with E-state index in [9.17, 15) is 14.4 Å². The van der Waals surface area contributed by atoms with Gasteiger partial charge in [0.25, 0.3) is 5.91 Å². The molecule has 0 heterocycles. The van der Waals surface area contributed by atoms with Crippen LogP contribution in [0.25, 0.3) is 0 Å². The van der Waals surface area contributed by atoms with E-state index in [0.29, 0.717) is 33.7 Å². The zero-order chi connectivity index (χ0) is 19.8. The summed E-state index contributed by atoms with van der Waals surface area (Å²) in [4.78, 5) is 38.2. The van der Waals surface area contributed by atoms with Crippen molar-refractivity contribution in [1.29, 1.82) is 0 Å². The van der Waals surface area contributed by atoms with Crippen molar-refractivity contribution in [3.63, 3.8) is 0 Å². The average Bonchev–Trinajstić information content (AvgIpc) is 2.72. The second-order valence-corrected chi connectivity index (χ2v) is 7.18. The van der Waals surface area contributed by atoms with Crippen LogP contribution in [0.5, 0.6) is 5.75 Å². The number of carbonyl (C=O) groups excluding carboxylic acids is 3. The Morgan fingerprint density at radius 1 is 0.857 bits per heavy atom. The molecule has 0 aliphatic heterocycles. The maximum Gasteiger partial charge on any atom is 0.259 e. The van der Waals surface area contributed by atoms with Crippen LogP contribution in [0.3, 0.4) is 0 Å². The molecule has 0 spiro atoms. The Bertz CT molecular complexity index is 1150. The lowest BCUT2D eigenvalue weighted by Gasteiger charge is -2.18. The highest BCUT2D eigenvalue weighted by Gasteiger charge is 2.29. The van der Waals surface area contributed by atoms with Gasteiger partial charge in [0, 0.05) is 32.4 Å². The molecule has 0 saturated carbocycles. The van der Waals surface area contributed by atoms with Gasteiger partial charge in [-0.15, -0.1) is 0 Å². The first-order valence-corrected chi connectivity index (χ1v) is 9.26. The zero-order valence-electron chi connectivity index (χ0n) is 14.8. The van der Waals surface area contributed by atoms with Crippen molar-refractivity contribution in [2.75, 3.05) is 12.4 Å². The van der Waals surface area contributed by atoms with Crippen molar-refractivity contribution in [2.45, 2.75) is 0 Å². The fourth-order valence-electron chi connectivity index (χ4n) is 3.23. The van der Waals surface area contributed by atoms with E-state index in [-0.39, 0.29) is 23.0 Å². The van der Waals surface area contributed by atoms with Gasteiger partial charge in [0.2, 0.25) is 0 Å². The van der Waals surface area contributed by atoms with E-state index in [4.69, 9.17) is 4.74 Å². The molecular formula is C22H14BrNO4. The Kier molecular flexibility index (Phi) is 4.57. The van der Waals surface area contributed by atoms with E-state index in [1.165, 1.54) is 13.2 Å². The topological polar surface area (TPSA) is 72.5 Å². The number of amides is 1. The monoisotopic (exact) mass is 435 g/mol. The molecule has 3 aromatic carbocycles. The lowest BCUT2D eigenvalue weighted by atomic mass is 9.84. The number of methoxy groups -OCH3 is 1. The summed E-state index contributed by atoms with van der Waals surface area (Å²) in [5, 5.41) is 2.77. The van der Waals surface area contributed by atoms with E-state index in [2.05, 4.69) is 21.2 Å². The summed E-state index contributed by atoms with van der Waals surface area (Å²) in [6.07, 6.45) is 0. The van der Waals surface area contributed by atoms with Crippen LogP contribution >= 0.6 is 15.9 Å². The number of ketones is 2. The standard InChI is InChI=1S/C22H14BrNO4/c1-28-19-9-6-12(23)10-18(19)22(27)24-13-7-8-16-17(11-13)21(26)15-5-3-2-4-14(15)20(16)25/h2-11H,1H3,(H,24,27). The Morgan fingerprint density at radius 2 is 1.50 bits per heavy atom. The normalized spacial score (nSPS) is 12.2. The van der Waals surface area contributed by atoms with E-state index in [0.717, 1.165) is 4.47 Å². The number of benzene rings is 3. The minimum absolute atomic E-state index is 0.197. The molecule has 1 aliphatic rings. The minimum Gasteiger partial charge on any atom is -0.496 e. The summed E-state index contributed by atoms with van der Waals surface area (Å²) < 4.78 is 5.98. The SMILES string of the molecule is COc1ccc(Br)cc1C(=O)Nc1ccc2c(c1)C(=O)c1ccccc1C2=O. The number of hydrogen-bond acceptors (Lipinski definition) is 4. The number of nitrogens with one attached hydrogen (secondary N) is 1. The molecule has 0 saturated heterocycles. The fraction of sp³-hybridized carbons (Fsp3) is 0.0455. The van der Waals surface area contributed by atoms with Gasteiger partial charge < -0.3 is 10.1 Å². The maximum atomic E-state index is 12.8. The van der Waals surface area contributed by atoms with E-state index in [1.807, 2.05) is 0 Å². The third-order valence-corrected chi connectivity index (χ3v) is 5.08. The van der Waals surface area contributed by atoms with Crippen LogP contribution in [-0.2, 0) is 0 Å². The zero-order valence-corrected chi connectivity index (χ0v) is 16.4. The van der Waals surface area contributed by atoms with Gasteiger partial charge in [-0.25, -0.2) is 0 Å². The van der Waals surface area contributed by atoms with Gasteiger partial charge in [-0.1, -0.05) is 40.2 Å². The summed E-state index contributed by atoms with van der Waals surface area (Å²) in [7, 11) is 1.49. The molecule has 0 radical (unpaired) electrons. The summed E-state index contributed by atoms with van der Waals surface area (Å²) >= 11 is 3.34. The molecule has 6 heteroatoms. The van der Waals surface area contributed by atoms with Gasteiger partial charge >= 0.3 is 0 Å². The predicted octanol–water partition coefficient (Wildman–Crippen LogP) is 4.49. The molecule has 28 heavy (non-hydrogen) atoms. The molecule has 0 unspecified atom stereocenters. The van der Waals surface area contributed by atoms with Gasteiger partial charge in [-0.2, -0.15) is 0 Å². The largest absolute Gasteiger partial charge is 0.496 e. The van der Waals surface area contributed by atoms with Gasteiger partial charge in [-0.3, -0.25) is 14.4 Å². The fourth-order valence-corrected chi connectivity index (χ4v) is 3.59. The summed E-state index contributed by atoms with van der Waals surface area (Å²) in [5.74, 6) is -0.384. The highest BCUT2D eigenvalue weighted by Crippen LogP contribution is 2.30. The number of carbonyl (C=O) groups is 3. The van der Waals surface area contributed by atoms with Crippen molar-refractivity contribution in [2.24, 2.45) is 0 Å². The van der Waals surface area contributed by atoms with Crippen LogP contribution in [0, 0.1) is 0 Å². The number of anilines is 1. The van der Waals surface area contributed by atoms with Gasteiger partial charge in [-0.05, 0) is 36.4 Å². The summed E-state index contributed by atoms with van der Waals surface area (Å²) in [5.41, 5.74) is 2.16. The van der Waals surface area contributed by atoms with Crippen LogP contribution in [0.1, 0.15) is 42.2 Å². The highest BCUT2D eigenvalue weighted by molar-refractivity contribution is 9.10. The van der Waals surface area contributed by atoms with Gasteiger partial charge in [0.05, 0.1) is 12.7 Å². The first-order valence-electron chi connectivity index (χ1n) is 8.47. The number of halogens is 1. The van der Waals surface area contributed by atoms with Crippen molar-refractivity contribution >= 4 is 39.1 Å². The lowest BCUT2D eigenvalue weighted by Crippen LogP contribution is -2.21. The first-order chi connectivity index (χ1) is 13.5. The average molecular weight is 436 g/mol. The molecule has 4 rings (SSSR count).